The van der Waals surface area contributed by atoms with Gasteiger partial charge in [-0.2, -0.15) is 0 Å². The minimum atomic E-state index is 0.432. The van der Waals surface area contributed by atoms with E-state index in [-0.39, 0.29) is 0 Å². The van der Waals surface area contributed by atoms with Crippen LogP contribution in [0.4, 0.5) is 0 Å². The van der Waals surface area contributed by atoms with Crippen LogP contribution in [0.2, 0.25) is 0 Å². The molecule has 1 aliphatic carbocycles. The number of nitrogens with one attached hydrogen (secondary N) is 1. The lowest BCUT2D eigenvalue weighted by molar-refractivity contribution is 0.269. The van der Waals surface area contributed by atoms with Crippen molar-refractivity contribution < 1.29 is 0 Å². The van der Waals surface area contributed by atoms with E-state index in [9.17, 15) is 0 Å². The average molecular weight is 197 g/mol. The zero-order chi connectivity index (χ0) is 10.6. The quantitative estimate of drug-likeness (QED) is 0.730. The number of rotatable bonds is 3. The highest BCUT2D eigenvalue weighted by molar-refractivity contribution is 4.73. The van der Waals surface area contributed by atoms with Gasteiger partial charge in [0.15, 0.2) is 0 Å². The van der Waals surface area contributed by atoms with Crippen molar-refractivity contribution in [2.24, 2.45) is 17.3 Å². The second-order valence-electron chi connectivity index (χ2n) is 6.32. The standard InChI is InChI=1S/C13H27N/c1-11-5-7-12(8-6-11)9-14-10-13(2,3)4/h11-12,14H,5-10H2,1-4H3. The summed E-state index contributed by atoms with van der Waals surface area (Å²) in [6, 6.07) is 0. The highest BCUT2D eigenvalue weighted by atomic mass is 14.9. The monoisotopic (exact) mass is 197 g/mol. The lowest BCUT2D eigenvalue weighted by Crippen LogP contribution is -2.32. The molecule has 0 spiro atoms. The van der Waals surface area contributed by atoms with E-state index >= 15 is 0 Å². The van der Waals surface area contributed by atoms with Crippen LogP contribution >= 0.6 is 0 Å². The fourth-order valence-corrected chi connectivity index (χ4v) is 2.18. The molecule has 1 fully saturated rings. The third-order valence-electron chi connectivity index (χ3n) is 3.22. The van der Waals surface area contributed by atoms with Crippen LogP contribution in [0, 0.1) is 17.3 Å². The molecule has 1 N–H and O–H groups in total. The molecule has 1 aliphatic rings. The summed E-state index contributed by atoms with van der Waals surface area (Å²) >= 11 is 0. The molecule has 0 atom stereocenters. The van der Waals surface area contributed by atoms with Gasteiger partial charge in [-0.15, -0.1) is 0 Å². The van der Waals surface area contributed by atoms with Crippen LogP contribution in [0.25, 0.3) is 0 Å². The summed E-state index contributed by atoms with van der Waals surface area (Å²) in [4.78, 5) is 0. The Kier molecular flexibility index (Phi) is 4.43. The summed E-state index contributed by atoms with van der Waals surface area (Å²) in [5.74, 6) is 1.93. The molecule has 1 heteroatoms. The third-order valence-corrected chi connectivity index (χ3v) is 3.22. The fourth-order valence-electron chi connectivity index (χ4n) is 2.18. The highest BCUT2D eigenvalue weighted by Crippen LogP contribution is 2.27. The van der Waals surface area contributed by atoms with Crippen LogP contribution in [0.1, 0.15) is 53.4 Å². The summed E-state index contributed by atoms with van der Waals surface area (Å²) in [6.45, 7) is 11.7. The molecule has 1 rings (SSSR count). The van der Waals surface area contributed by atoms with E-state index in [0.717, 1.165) is 18.4 Å². The number of hydrogen-bond donors (Lipinski definition) is 1. The molecule has 0 bridgehead atoms. The molecule has 84 valence electrons. The fraction of sp³-hybridized carbons (Fsp3) is 1.00. The zero-order valence-electron chi connectivity index (χ0n) is 10.4. The maximum atomic E-state index is 3.61. The Bertz CT molecular complexity index is 149. The van der Waals surface area contributed by atoms with Crippen LogP contribution < -0.4 is 5.32 Å². The van der Waals surface area contributed by atoms with Crippen LogP contribution in [0.5, 0.6) is 0 Å². The van der Waals surface area contributed by atoms with E-state index in [1.165, 1.54) is 32.2 Å². The predicted molar refractivity (Wildman–Crippen MR) is 63.4 cm³/mol. The molecule has 0 unspecified atom stereocenters. The van der Waals surface area contributed by atoms with Crippen LogP contribution in [0.15, 0.2) is 0 Å². The summed E-state index contributed by atoms with van der Waals surface area (Å²) in [6.07, 6.45) is 5.78. The first-order valence-electron chi connectivity index (χ1n) is 6.18. The van der Waals surface area contributed by atoms with Crippen molar-refractivity contribution in [2.75, 3.05) is 13.1 Å². The molecule has 0 aromatic heterocycles. The van der Waals surface area contributed by atoms with Crippen molar-refractivity contribution in [1.82, 2.24) is 5.32 Å². The Hall–Kier alpha value is -0.0400. The van der Waals surface area contributed by atoms with Gasteiger partial charge in [-0.05, 0) is 43.2 Å². The molecule has 0 aliphatic heterocycles. The highest BCUT2D eigenvalue weighted by Gasteiger charge is 2.18. The molecule has 0 aromatic carbocycles. The van der Waals surface area contributed by atoms with Crippen molar-refractivity contribution in [1.29, 1.82) is 0 Å². The Morgan fingerprint density at radius 2 is 1.64 bits per heavy atom. The summed E-state index contributed by atoms with van der Waals surface area (Å²) in [7, 11) is 0. The molecule has 1 nitrogen and oxygen atoms in total. The van der Waals surface area contributed by atoms with E-state index in [2.05, 4.69) is 33.0 Å². The minimum absolute atomic E-state index is 0.432. The largest absolute Gasteiger partial charge is 0.316 e. The third kappa shape index (κ3) is 4.99. The summed E-state index contributed by atoms with van der Waals surface area (Å²) in [5.41, 5.74) is 0.432. The van der Waals surface area contributed by atoms with Crippen molar-refractivity contribution in [3.05, 3.63) is 0 Å². The van der Waals surface area contributed by atoms with Gasteiger partial charge in [-0.3, -0.25) is 0 Å². The average Bonchev–Trinajstić information content (AvgIpc) is 2.06. The van der Waals surface area contributed by atoms with E-state index < -0.39 is 0 Å². The van der Waals surface area contributed by atoms with Gasteiger partial charge < -0.3 is 5.32 Å². The summed E-state index contributed by atoms with van der Waals surface area (Å²) in [5, 5.41) is 3.61. The van der Waals surface area contributed by atoms with Gasteiger partial charge in [0, 0.05) is 0 Å². The second kappa shape index (κ2) is 5.16. The molecule has 1 saturated carbocycles. The van der Waals surface area contributed by atoms with Gasteiger partial charge in [0.05, 0.1) is 0 Å². The molecular weight excluding hydrogens is 170 g/mol. The molecule has 14 heavy (non-hydrogen) atoms. The van der Waals surface area contributed by atoms with Crippen LogP contribution in [0.3, 0.4) is 0 Å². The van der Waals surface area contributed by atoms with E-state index in [0.29, 0.717) is 5.41 Å². The first-order valence-corrected chi connectivity index (χ1v) is 6.18. The SMILES string of the molecule is CC1CCC(CNCC(C)(C)C)CC1. The maximum absolute atomic E-state index is 3.61. The van der Waals surface area contributed by atoms with Crippen LogP contribution in [-0.4, -0.2) is 13.1 Å². The first-order chi connectivity index (χ1) is 6.47. The van der Waals surface area contributed by atoms with Crippen molar-refractivity contribution in [2.45, 2.75) is 53.4 Å². The molecular formula is C13H27N. The van der Waals surface area contributed by atoms with Crippen molar-refractivity contribution >= 4 is 0 Å². The Morgan fingerprint density at radius 1 is 1.07 bits per heavy atom. The maximum Gasteiger partial charge on any atom is -0.000000945 e. The van der Waals surface area contributed by atoms with Gasteiger partial charge in [0.2, 0.25) is 0 Å². The van der Waals surface area contributed by atoms with Gasteiger partial charge in [-0.1, -0.05) is 40.5 Å². The molecule has 0 amide bonds. The smallest absolute Gasteiger partial charge is 0.000000945 e. The predicted octanol–water partition coefficient (Wildman–Crippen LogP) is 3.45. The van der Waals surface area contributed by atoms with Gasteiger partial charge >= 0.3 is 0 Å². The Labute approximate surface area is 89.7 Å². The second-order valence-corrected chi connectivity index (χ2v) is 6.32. The van der Waals surface area contributed by atoms with E-state index in [1.54, 1.807) is 0 Å². The van der Waals surface area contributed by atoms with Crippen molar-refractivity contribution in [3.8, 4) is 0 Å². The van der Waals surface area contributed by atoms with Gasteiger partial charge in [0.25, 0.3) is 0 Å². The number of hydrogen-bond acceptors (Lipinski definition) is 1. The van der Waals surface area contributed by atoms with Crippen molar-refractivity contribution in [3.63, 3.8) is 0 Å². The topological polar surface area (TPSA) is 12.0 Å². The molecule has 0 aromatic rings. The van der Waals surface area contributed by atoms with Gasteiger partial charge in [-0.25, -0.2) is 0 Å². The first kappa shape index (κ1) is 12.0. The van der Waals surface area contributed by atoms with Crippen LogP contribution in [-0.2, 0) is 0 Å². The normalized spacial score (nSPS) is 29.1. The lowest BCUT2D eigenvalue weighted by Gasteiger charge is -2.28. The van der Waals surface area contributed by atoms with E-state index in [4.69, 9.17) is 0 Å². The lowest BCUT2D eigenvalue weighted by atomic mass is 9.83. The van der Waals surface area contributed by atoms with Gasteiger partial charge in [0.1, 0.15) is 0 Å². The Balaban J connectivity index is 2.08. The minimum Gasteiger partial charge on any atom is -0.316 e. The van der Waals surface area contributed by atoms with E-state index in [1.807, 2.05) is 0 Å². The molecule has 0 radical (unpaired) electrons. The Morgan fingerprint density at radius 3 is 2.14 bits per heavy atom. The molecule has 0 saturated heterocycles. The molecule has 0 heterocycles. The summed E-state index contributed by atoms with van der Waals surface area (Å²) < 4.78 is 0. The zero-order valence-corrected chi connectivity index (χ0v) is 10.4.